The van der Waals surface area contributed by atoms with Crippen LogP contribution in [-0.2, 0) is 9.47 Å². The van der Waals surface area contributed by atoms with E-state index in [9.17, 15) is 4.79 Å². The summed E-state index contributed by atoms with van der Waals surface area (Å²) < 4.78 is 9.74. The van der Waals surface area contributed by atoms with Crippen LogP contribution in [0.2, 0.25) is 0 Å². The first-order chi connectivity index (χ1) is 5.06. The molecule has 0 aromatic carbocycles. The number of nitrogens with one attached hydrogen (secondary N) is 1. The lowest BCUT2D eigenvalue weighted by Gasteiger charge is -2.17. The minimum Gasteiger partial charge on any atom is -0.465 e. The van der Waals surface area contributed by atoms with Crippen molar-refractivity contribution in [2.75, 3.05) is 7.11 Å². The van der Waals surface area contributed by atoms with Crippen LogP contribution in [0, 0.1) is 0 Å². The van der Waals surface area contributed by atoms with E-state index in [0.29, 0.717) is 0 Å². The largest absolute Gasteiger partial charge is 0.465 e. The molecule has 2 unspecified atom stereocenters. The average molecular weight is 163 g/mol. The number of rotatable bonds is 4. The Balaban J connectivity index is 3.51. The zero-order valence-electron chi connectivity index (χ0n) is 6.83. The van der Waals surface area contributed by atoms with Gasteiger partial charge in [-0.2, -0.15) is 0 Å². The first kappa shape index (κ1) is 10.2. The van der Waals surface area contributed by atoms with Gasteiger partial charge in [-0.3, -0.25) is 5.32 Å². The van der Waals surface area contributed by atoms with Crippen LogP contribution >= 0.6 is 0 Å². The molecule has 0 rings (SSSR count). The molecule has 2 atom stereocenters. The van der Waals surface area contributed by atoms with E-state index < -0.39 is 18.6 Å². The summed E-state index contributed by atoms with van der Waals surface area (Å²) in [7, 11) is 1.48. The zero-order chi connectivity index (χ0) is 8.85. The van der Waals surface area contributed by atoms with Gasteiger partial charge >= 0.3 is 6.09 Å². The first-order valence-corrected chi connectivity index (χ1v) is 3.24. The molecule has 0 aromatic rings. The van der Waals surface area contributed by atoms with Crippen LogP contribution < -0.4 is 5.32 Å². The van der Waals surface area contributed by atoms with Crippen LogP contribution in [-0.4, -0.2) is 30.8 Å². The molecular formula is C6H13NO4. The number of methoxy groups -OCH3 is 1. The number of carboxylic acid groups (broad SMARTS) is 1. The molecule has 0 radical (unpaired) electrons. The van der Waals surface area contributed by atoms with Crippen LogP contribution in [0.15, 0.2) is 0 Å². The molecule has 0 aliphatic heterocycles. The molecule has 0 heterocycles. The summed E-state index contributed by atoms with van der Waals surface area (Å²) in [5.41, 5.74) is 0. The molecule has 0 bridgehead atoms. The molecule has 5 nitrogen and oxygen atoms in total. The van der Waals surface area contributed by atoms with Crippen molar-refractivity contribution in [1.82, 2.24) is 5.32 Å². The van der Waals surface area contributed by atoms with Crippen molar-refractivity contribution in [3.8, 4) is 0 Å². The Morgan fingerprint density at radius 2 is 2.09 bits per heavy atom. The van der Waals surface area contributed by atoms with Gasteiger partial charge in [0, 0.05) is 7.11 Å². The molecule has 0 aromatic heterocycles. The molecule has 0 aliphatic rings. The number of carbonyl (C=O) groups is 1. The molecule has 0 fully saturated rings. The highest BCUT2D eigenvalue weighted by Gasteiger charge is 2.08. The fraction of sp³-hybridized carbons (Fsp3) is 0.833. The molecule has 2 N–H and O–H groups in total. The van der Waals surface area contributed by atoms with Crippen molar-refractivity contribution >= 4 is 6.09 Å². The fourth-order valence-corrected chi connectivity index (χ4v) is 0.551. The van der Waals surface area contributed by atoms with Crippen molar-refractivity contribution in [1.29, 1.82) is 0 Å². The maximum atomic E-state index is 10.0. The van der Waals surface area contributed by atoms with Crippen molar-refractivity contribution in [2.24, 2.45) is 0 Å². The van der Waals surface area contributed by atoms with Crippen molar-refractivity contribution in [3.63, 3.8) is 0 Å². The van der Waals surface area contributed by atoms with Crippen LogP contribution in [0.25, 0.3) is 0 Å². The summed E-state index contributed by atoms with van der Waals surface area (Å²) in [5.74, 6) is 0. The van der Waals surface area contributed by atoms with E-state index >= 15 is 0 Å². The van der Waals surface area contributed by atoms with Gasteiger partial charge in [0.15, 0.2) is 6.29 Å². The Morgan fingerprint density at radius 1 is 1.55 bits per heavy atom. The van der Waals surface area contributed by atoms with E-state index in [1.54, 1.807) is 13.8 Å². The maximum Gasteiger partial charge on any atom is 0.406 e. The van der Waals surface area contributed by atoms with Gasteiger partial charge < -0.3 is 14.6 Å². The van der Waals surface area contributed by atoms with Crippen LogP contribution in [0.5, 0.6) is 0 Å². The SMILES string of the molecule is COC(C)OC(C)NC(=O)O. The normalized spacial score (nSPS) is 15.5. The third-order valence-corrected chi connectivity index (χ3v) is 1.05. The van der Waals surface area contributed by atoms with Crippen molar-refractivity contribution < 1.29 is 19.4 Å². The van der Waals surface area contributed by atoms with E-state index in [1.807, 2.05) is 0 Å². The van der Waals surface area contributed by atoms with Gasteiger partial charge in [-0.25, -0.2) is 4.79 Å². The van der Waals surface area contributed by atoms with E-state index in [2.05, 4.69) is 5.32 Å². The van der Waals surface area contributed by atoms with Gasteiger partial charge in [-0.1, -0.05) is 0 Å². The molecule has 0 aliphatic carbocycles. The second-order valence-corrected chi connectivity index (χ2v) is 2.03. The Hall–Kier alpha value is -0.810. The lowest BCUT2D eigenvalue weighted by molar-refractivity contribution is -0.144. The minimum absolute atomic E-state index is 0.406. The Kier molecular flexibility index (Phi) is 4.56. The molecule has 66 valence electrons. The second kappa shape index (κ2) is 4.92. The predicted octanol–water partition coefficient (Wildman–Crippen LogP) is 0.609. The molecular weight excluding hydrogens is 150 g/mol. The molecule has 0 spiro atoms. The average Bonchev–Trinajstić information content (AvgIpc) is 1.85. The quantitative estimate of drug-likeness (QED) is 0.596. The summed E-state index contributed by atoms with van der Waals surface area (Å²) in [5, 5.41) is 10.4. The summed E-state index contributed by atoms with van der Waals surface area (Å²) in [6.45, 7) is 3.27. The van der Waals surface area contributed by atoms with Crippen LogP contribution in [0.3, 0.4) is 0 Å². The molecule has 5 heteroatoms. The third-order valence-electron chi connectivity index (χ3n) is 1.05. The minimum atomic E-state index is -1.11. The van der Waals surface area contributed by atoms with E-state index in [1.165, 1.54) is 7.11 Å². The van der Waals surface area contributed by atoms with E-state index in [-0.39, 0.29) is 0 Å². The van der Waals surface area contributed by atoms with E-state index in [4.69, 9.17) is 14.6 Å². The third kappa shape index (κ3) is 5.63. The number of ether oxygens (including phenoxy) is 2. The van der Waals surface area contributed by atoms with Crippen LogP contribution in [0.4, 0.5) is 4.79 Å². The topological polar surface area (TPSA) is 67.8 Å². The van der Waals surface area contributed by atoms with Crippen molar-refractivity contribution in [3.05, 3.63) is 0 Å². The maximum absolute atomic E-state index is 10.0. The second-order valence-electron chi connectivity index (χ2n) is 2.03. The van der Waals surface area contributed by atoms with Gasteiger partial charge in [-0.05, 0) is 13.8 Å². The van der Waals surface area contributed by atoms with E-state index in [0.717, 1.165) is 0 Å². The first-order valence-electron chi connectivity index (χ1n) is 3.24. The van der Waals surface area contributed by atoms with Gasteiger partial charge in [0.1, 0.15) is 6.23 Å². The molecule has 1 amide bonds. The molecule has 0 saturated carbocycles. The Labute approximate surface area is 65.3 Å². The number of amides is 1. The fourth-order valence-electron chi connectivity index (χ4n) is 0.551. The highest BCUT2D eigenvalue weighted by molar-refractivity contribution is 5.64. The van der Waals surface area contributed by atoms with Gasteiger partial charge in [-0.15, -0.1) is 0 Å². The lowest BCUT2D eigenvalue weighted by Crippen LogP contribution is -2.35. The van der Waals surface area contributed by atoms with Gasteiger partial charge in [0.05, 0.1) is 0 Å². The summed E-state index contributed by atoms with van der Waals surface area (Å²) in [6, 6.07) is 0. The highest BCUT2D eigenvalue weighted by atomic mass is 16.7. The summed E-state index contributed by atoms with van der Waals surface area (Å²) in [4.78, 5) is 10.0. The predicted molar refractivity (Wildman–Crippen MR) is 38.2 cm³/mol. The Bertz CT molecular complexity index is 128. The van der Waals surface area contributed by atoms with Gasteiger partial charge in [0.25, 0.3) is 0 Å². The number of hydrogen-bond donors (Lipinski definition) is 2. The molecule has 11 heavy (non-hydrogen) atoms. The highest BCUT2D eigenvalue weighted by Crippen LogP contribution is 1.94. The smallest absolute Gasteiger partial charge is 0.406 e. The lowest BCUT2D eigenvalue weighted by atomic mass is 10.6. The zero-order valence-corrected chi connectivity index (χ0v) is 6.83. The monoisotopic (exact) mass is 163 g/mol. The molecule has 0 saturated heterocycles. The summed E-state index contributed by atoms with van der Waals surface area (Å²) >= 11 is 0. The van der Waals surface area contributed by atoms with Crippen LogP contribution in [0.1, 0.15) is 13.8 Å². The number of hydrogen-bond acceptors (Lipinski definition) is 3. The standard InChI is InChI=1S/C6H13NO4/c1-4(7-6(8)9)11-5(2)10-3/h4-5,7H,1-3H3,(H,8,9). The van der Waals surface area contributed by atoms with Gasteiger partial charge in [0.2, 0.25) is 0 Å². The summed E-state index contributed by atoms with van der Waals surface area (Å²) in [6.07, 6.45) is -2.07. The Morgan fingerprint density at radius 3 is 2.45 bits per heavy atom. The van der Waals surface area contributed by atoms with Crippen molar-refractivity contribution in [2.45, 2.75) is 26.4 Å².